The van der Waals surface area contributed by atoms with E-state index in [0.717, 1.165) is 39.0 Å². The number of nitrogens with zero attached hydrogens (tertiary/aromatic N) is 1. The largest absolute Gasteiger partial charge is 0.456 e. The van der Waals surface area contributed by atoms with Crippen LogP contribution in [-0.4, -0.2) is 0 Å². The van der Waals surface area contributed by atoms with Crippen molar-refractivity contribution in [3.05, 3.63) is 188 Å². The molecule has 0 aliphatic heterocycles. The summed E-state index contributed by atoms with van der Waals surface area (Å²) in [4.78, 5) is 2.42. The fraction of sp³-hybridized carbons (Fsp3) is 0. The number of hydrogen-bond donors (Lipinski definition) is 0. The first-order chi connectivity index (χ1) is 26.3. The monoisotopic (exact) mass is 693 g/mol. The third-order valence-electron chi connectivity index (χ3n) is 10.7. The lowest BCUT2D eigenvalue weighted by Crippen LogP contribution is -2.10. The number of benzene rings is 9. The van der Waals surface area contributed by atoms with Crippen molar-refractivity contribution in [1.82, 2.24) is 0 Å². The zero-order valence-electron chi connectivity index (χ0n) is 28.7. The van der Waals surface area contributed by atoms with E-state index in [1.807, 2.05) is 23.5 Å². The van der Waals surface area contributed by atoms with Gasteiger partial charge >= 0.3 is 0 Å². The molecule has 0 atom stereocenters. The minimum atomic E-state index is 0.891. The molecule has 3 heteroatoms. The quantitative estimate of drug-likeness (QED) is 0.178. The molecule has 9 aromatic carbocycles. The first-order valence-corrected chi connectivity index (χ1v) is 18.8. The number of thiophene rings is 1. The van der Waals surface area contributed by atoms with Crippen LogP contribution in [-0.2, 0) is 0 Å². The normalized spacial score (nSPS) is 11.8. The summed E-state index contributed by atoms with van der Waals surface area (Å²) in [5.74, 6) is 0. The summed E-state index contributed by atoms with van der Waals surface area (Å²) in [5, 5.41) is 9.86. The molecule has 0 N–H and O–H groups in total. The van der Waals surface area contributed by atoms with E-state index in [9.17, 15) is 0 Å². The first-order valence-electron chi connectivity index (χ1n) is 18.0. The fourth-order valence-corrected chi connectivity index (χ4v) is 9.54. The SMILES string of the molecule is c1ccc(-c2cccc3cccc(-c4ccc(N(c5ccc6oc7ccccc7c6c5)c5cccc6c5sc5c7ccccc7ccc65)cc4)c23)cc1. The Morgan fingerprint density at radius 2 is 1.00 bits per heavy atom. The van der Waals surface area contributed by atoms with Crippen molar-refractivity contribution >= 4 is 92.1 Å². The average molecular weight is 694 g/mol. The lowest BCUT2D eigenvalue weighted by atomic mass is 9.91. The zero-order chi connectivity index (χ0) is 34.9. The van der Waals surface area contributed by atoms with Gasteiger partial charge in [0, 0.05) is 37.6 Å². The van der Waals surface area contributed by atoms with Gasteiger partial charge in [-0.1, -0.05) is 146 Å². The van der Waals surface area contributed by atoms with Gasteiger partial charge in [-0.3, -0.25) is 0 Å². The minimum Gasteiger partial charge on any atom is -0.456 e. The Kier molecular flexibility index (Phi) is 6.76. The van der Waals surface area contributed by atoms with Gasteiger partial charge in [-0.2, -0.15) is 0 Å². The van der Waals surface area contributed by atoms with Crippen LogP contribution in [0, 0.1) is 0 Å². The summed E-state index contributed by atoms with van der Waals surface area (Å²) in [6.07, 6.45) is 0. The molecule has 53 heavy (non-hydrogen) atoms. The highest BCUT2D eigenvalue weighted by Gasteiger charge is 2.21. The number of fused-ring (bicyclic) bond motifs is 9. The van der Waals surface area contributed by atoms with Crippen LogP contribution < -0.4 is 4.90 Å². The lowest BCUT2D eigenvalue weighted by Gasteiger charge is -2.26. The molecule has 0 aliphatic carbocycles. The molecule has 11 rings (SSSR count). The van der Waals surface area contributed by atoms with Gasteiger partial charge in [0.05, 0.1) is 10.4 Å². The van der Waals surface area contributed by atoms with Crippen LogP contribution >= 0.6 is 11.3 Å². The minimum absolute atomic E-state index is 0.891. The van der Waals surface area contributed by atoms with Crippen LogP contribution in [0.4, 0.5) is 17.1 Å². The maximum atomic E-state index is 6.27. The van der Waals surface area contributed by atoms with Crippen LogP contribution in [0.2, 0.25) is 0 Å². The van der Waals surface area contributed by atoms with E-state index in [0.29, 0.717) is 0 Å². The van der Waals surface area contributed by atoms with Gasteiger partial charge in [0.15, 0.2) is 0 Å². The average Bonchev–Trinajstić information content (AvgIpc) is 3.80. The van der Waals surface area contributed by atoms with E-state index in [2.05, 4.69) is 181 Å². The summed E-state index contributed by atoms with van der Waals surface area (Å²) >= 11 is 1.88. The standard InChI is InChI=1S/C50H31NOS/c1-2-11-32(12-3-1)38-18-8-14-35-15-9-19-39(48(35)38)34-23-26-36(27-24-34)51(37-28-30-47-44(31-37)41-17-6-7-22-46(41)52-47)45-21-10-20-42-43-29-25-33-13-4-5-16-40(33)49(43)53-50(42)45/h1-31H. The van der Waals surface area contributed by atoms with Crippen molar-refractivity contribution in [2.24, 2.45) is 0 Å². The molecule has 0 spiro atoms. The molecule has 0 unspecified atom stereocenters. The molecule has 0 saturated heterocycles. The summed E-state index contributed by atoms with van der Waals surface area (Å²) in [7, 11) is 0. The van der Waals surface area contributed by atoms with Crippen LogP contribution in [0.1, 0.15) is 0 Å². The molecular weight excluding hydrogens is 663 g/mol. The number of para-hydroxylation sites is 1. The summed E-state index contributed by atoms with van der Waals surface area (Å²) < 4.78 is 8.86. The highest BCUT2D eigenvalue weighted by molar-refractivity contribution is 7.27. The Bertz CT molecular complexity index is 3170. The molecule has 2 heterocycles. The smallest absolute Gasteiger partial charge is 0.135 e. The van der Waals surface area contributed by atoms with Gasteiger partial charge in [0.2, 0.25) is 0 Å². The molecule has 0 aliphatic rings. The lowest BCUT2D eigenvalue weighted by molar-refractivity contribution is 0.669. The van der Waals surface area contributed by atoms with Crippen molar-refractivity contribution in [1.29, 1.82) is 0 Å². The van der Waals surface area contributed by atoms with Crippen LogP contribution in [0.15, 0.2) is 192 Å². The van der Waals surface area contributed by atoms with Gasteiger partial charge in [-0.15, -0.1) is 11.3 Å². The first kappa shape index (κ1) is 30.0. The number of rotatable bonds is 5. The predicted octanol–water partition coefficient (Wildman–Crippen LogP) is 15.1. The molecule has 0 bridgehead atoms. The molecule has 0 fully saturated rings. The molecule has 2 aromatic heterocycles. The van der Waals surface area contributed by atoms with E-state index < -0.39 is 0 Å². The highest BCUT2D eigenvalue weighted by atomic mass is 32.1. The zero-order valence-corrected chi connectivity index (χ0v) is 29.5. The summed E-state index contributed by atoms with van der Waals surface area (Å²) in [6.45, 7) is 0. The van der Waals surface area contributed by atoms with E-state index >= 15 is 0 Å². The van der Waals surface area contributed by atoms with Gasteiger partial charge in [0.1, 0.15) is 11.2 Å². The van der Waals surface area contributed by atoms with Crippen molar-refractivity contribution < 1.29 is 4.42 Å². The van der Waals surface area contributed by atoms with Gasteiger partial charge in [-0.25, -0.2) is 0 Å². The number of furan rings is 1. The second kappa shape index (κ2) is 11.9. The van der Waals surface area contributed by atoms with E-state index in [1.54, 1.807) is 0 Å². The Balaban J connectivity index is 1.12. The van der Waals surface area contributed by atoms with E-state index in [-0.39, 0.29) is 0 Å². The van der Waals surface area contributed by atoms with Crippen molar-refractivity contribution in [2.75, 3.05) is 4.90 Å². The molecule has 0 radical (unpaired) electrons. The fourth-order valence-electron chi connectivity index (χ4n) is 8.20. The Morgan fingerprint density at radius 1 is 0.377 bits per heavy atom. The van der Waals surface area contributed by atoms with Gasteiger partial charge < -0.3 is 9.32 Å². The number of hydrogen-bond acceptors (Lipinski definition) is 3. The third kappa shape index (κ3) is 4.78. The van der Waals surface area contributed by atoms with E-state index in [1.165, 1.54) is 64.0 Å². The molecule has 11 aromatic rings. The third-order valence-corrected chi connectivity index (χ3v) is 11.9. The molecule has 2 nitrogen and oxygen atoms in total. The van der Waals surface area contributed by atoms with Crippen LogP contribution in [0.3, 0.4) is 0 Å². The molecule has 248 valence electrons. The van der Waals surface area contributed by atoms with Crippen molar-refractivity contribution in [3.8, 4) is 22.3 Å². The van der Waals surface area contributed by atoms with Crippen molar-refractivity contribution in [2.45, 2.75) is 0 Å². The van der Waals surface area contributed by atoms with E-state index in [4.69, 9.17) is 4.42 Å². The van der Waals surface area contributed by atoms with Crippen LogP contribution in [0.25, 0.3) is 85.9 Å². The maximum Gasteiger partial charge on any atom is 0.135 e. The predicted molar refractivity (Wildman–Crippen MR) is 227 cm³/mol. The van der Waals surface area contributed by atoms with Gasteiger partial charge in [0.25, 0.3) is 0 Å². The second-order valence-corrected chi connectivity index (χ2v) is 14.7. The maximum absolute atomic E-state index is 6.27. The Morgan fingerprint density at radius 3 is 1.83 bits per heavy atom. The van der Waals surface area contributed by atoms with Gasteiger partial charge in [-0.05, 0) is 86.3 Å². The Labute approximate surface area is 310 Å². The Hall–Kier alpha value is -6.68. The molecule has 0 saturated carbocycles. The van der Waals surface area contributed by atoms with Crippen molar-refractivity contribution in [3.63, 3.8) is 0 Å². The second-order valence-electron chi connectivity index (χ2n) is 13.7. The summed E-state index contributed by atoms with van der Waals surface area (Å²) in [6, 6.07) is 68.0. The molecular formula is C50H31NOS. The van der Waals surface area contributed by atoms with Crippen LogP contribution in [0.5, 0.6) is 0 Å². The summed E-state index contributed by atoms with van der Waals surface area (Å²) in [5.41, 5.74) is 10.0. The number of anilines is 3. The highest BCUT2D eigenvalue weighted by Crippen LogP contribution is 2.47. The topological polar surface area (TPSA) is 16.4 Å². The molecule has 0 amide bonds.